The highest BCUT2D eigenvalue weighted by molar-refractivity contribution is 6.28. The number of nitrogens with zero attached hydrogens (tertiary/aromatic N) is 2. The maximum absolute atomic E-state index is 5.64. The summed E-state index contributed by atoms with van der Waals surface area (Å²) in [5.74, 6) is 0.578. The van der Waals surface area contributed by atoms with Crippen LogP contribution in [0.2, 0.25) is 5.28 Å². The average Bonchev–Trinajstić information content (AvgIpc) is 2.11. The second kappa shape index (κ2) is 4.42. The molecule has 1 aromatic rings. The molecule has 1 atom stereocenters. The minimum absolute atomic E-state index is 0.157. The Bertz CT molecular complexity index is 291. The molecule has 0 aliphatic heterocycles. The fraction of sp³-hybridized carbons (Fsp3) is 0.556. The highest BCUT2D eigenvalue weighted by atomic mass is 35.5. The smallest absolute Gasteiger partial charge is 0.225 e. The number of hydrogen-bond acceptors (Lipinski definition) is 3. The van der Waals surface area contributed by atoms with Crippen LogP contribution in [0.3, 0.4) is 0 Å². The van der Waals surface area contributed by atoms with Crippen LogP contribution in [0, 0.1) is 6.92 Å². The van der Waals surface area contributed by atoms with Crippen molar-refractivity contribution in [3.05, 3.63) is 17.0 Å². The zero-order valence-electron chi connectivity index (χ0n) is 8.04. The second-order valence-electron chi connectivity index (χ2n) is 2.96. The van der Waals surface area contributed by atoms with Gasteiger partial charge in [-0.1, -0.05) is 6.92 Å². The average molecular weight is 201 g/mol. The maximum Gasteiger partial charge on any atom is 0.225 e. The predicted octanol–water partition coefficient (Wildman–Crippen LogP) is 2.62. The molecule has 0 spiro atoms. The number of hydrogen-bond donors (Lipinski definition) is 0. The predicted molar refractivity (Wildman–Crippen MR) is 52.2 cm³/mol. The van der Waals surface area contributed by atoms with E-state index in [2.05, 4.69) is 16.9 Å². The van der Waals surface area contributed by atoms with Crippen molar-refractivity contribution >= 4 is 11.6 Å². The summed E-state index contributed by atoms with van der Waals surface area (Å²) < 4.78 is 5.54. The number of aryl methyl sites for hydroxylation is 1. The molecule has 0 aromatic carbocycles. The Hall–Kier alpha value is -0.830. The van der Waals surface area contributed by atoms with Crippen LogP contribution in [0.25, 0.3) is 0 Å². The third kappa shape index (κ3) is 2.84. The van der Waals surface area contributed by atoms with Crippen molar-refractivity contribution in [2.75, 3.05) is 0 Å². The fourth-order valence-electron chi connectivity index (χ4n) is 0.799. The highest BCUT2D eigenvalue weighted by Crippen LogP contribution is 2.17. The van der Waals surface area contributed by atoms with Crippen molar-refractivity contribution in [2.45, 2.75) is 33.3 Å². The molecule has 13 heavy (non-hydrogen) atoms. The van der Waals surface area contributed by atoms with Crippen LogP contribution in [-0.2, 0) is 0 Å². The van der Waals surface area contributed by atoms with Crippen LogP contribution >= 0.6 is 11.6 Å². The molecule has 1 unspecified atom stereocenters. The summed E-state index contributed by atoms with van der Waals surface area (Å²) >= 11 is 5.64. The van der Waals surface area contributed by atoms with Crippen LogP contribution in [0.15, 0.2) is 6.20 Å². The summed E-state index contributed by atoms with van der Waals surface area (Å²) in [7, 11) is 0. The van der Waals surface area contributed by atoms with Gasteiger partial charge < -0.3 is 4.74 Å². The Morgan fingerprint density at radius 2 is 2.31 bits per heavy atom. The zero-order chi connectivity index (χ0) is 9.84. The lowest BCUT2D eigenvalue weighted by atomic mass is 10.3. The molecule has 0 saturated heterocycles. The first-order valence-corrected chi connectivity index (χ1v) is 4.67. The van der Waals surface area contributed by atoms with Gasteiger partial charge in [0.1, 0.15) is 0 Å². The molecule has 0 fully saturated rings. The molecule has 1 rings (SSSR count). The van der Waals surface area contributed by atoms with E-state index < -0.39 is 0 Å². The van der Waals surface area contributed by atoms with Crippen molar-refractivity contribution in [1.82, 2.24) is 9.97 Å². The summed E-state index contributed by atoms with van der Waals surface area (Å²) in [5, 5.41) is 0.226. The molecule has 0 saturated carbocycles. The van der Waals surface area contributed by atoms with Gasteiger partial charge in [0.15, 0.2) is 0 Å². The van der Waals surface area contributed by atoms with Gasteiger partial charge in [0.05, 0.1) is 6.10 Å². The summed E-state index contributed by atoms with van der Waals surface area (Å²) in [4.78, 5) is 7.84. The van der Waals surface area contributed by atoms with E-state index in [1.165, 1.54) is 0 Å². The lowest BCUT2D eigenvalue weighted by Crippen LogP contribution is -2.11. The first-order chi connectivity index (χ1) is 6.13. The van der Waals surface area contributed by atoms with Gasteiger partial charge in [-0.25, -0.2) is 4.98 Å². The van der Waals surface area contributed by atoms with Crippen molar-refractivity contribution in [2.24, 2.45) is 0 Å². The van der Waals surface area contributed by atoms with E-state index in [9.17, 15) is 0 Å². The molecular weight excluding hydrogens is 188 g/mol. The largest absolute Gasteiger partial charge is 0.474 e. The molecule has 1 aromatic heterocycles. The monoisotopic (exact) mass is 200 g/mol. The van der Waals surface area contributed by atoms with Gasteiger partial charge in [-0.05, 0) is 31.9 Å². The van der Waals surface area contributed by atoms with E-state index in [1.807, 2.05) is 13.8 Å². The Balaban J connectivity index is 2.81. The van der Waals surface area contributed by atoms with E-state index in [1.54, 1.807) is 6.20 Å². The van der Waals surface area contributed by atoms with Gasteiger partial charge in [0.2, 0.25) is 11.2 Å². The second-order valence-corrected chi connectivity index (χ2v) is 3.30. The number of aromatic nitrogens is 2. The van der Waals surface area contributed by atoms with Gasteiger partial charge >= 0.3 is 0 Å². The van der Waals surface area contributed by atoms with Gasteiger partial charge in [0.25, 0.3) is 0 Å². The third-order valence-corrected chi connectivity index (χ3v) is 1.97. The Morgan fingerprint density at radius 1 is 1.62 bits per heavy atom. The molecule has 0 N–H and O–H groups in total. The van der Waals surface area contributed by atoms with E-state index in [0.29, 0.717) is 5.88 Å². The normalized spacial score (nSPS) is 12.6. The van der Waals surface area contributed by atoms with Crippen LogP contribution in [0.5, 0.6) is 5.88 Å². The SMILES string of the molecule is CCC(C)Oc1nc(Cl)ncc1C. The van der Waals surface area contributed by atoms with Crippen molar-refractivity contribution in [3.8, 4) is 5.88 Å². The summed E-state index contributed by atoms with van der Waals surface area (Å²) in [5.41, 5.74) is 0.907. The Morgan fingerprint density at radius 3 is 2.92 bits per heavy atom. The fourth-order valence-corrected chi connectivity index (χ4v) is 0.925. The Kier molecular flexibility index (Phi) is 3.48. The standard InChI is InChI=1S/C9H13ClN2O/c1-4-7(3)13-8-6(2)5-11-9(10)12-8/h5,7H,4H2,1-3H3. The lowest BCUT2D eigenvalue weighted by Gasteiger charge is -2.12. The molecule has 0 bridgehead atoms. The van der Waals surface area contributed by atoms with E-state index >= 15 is 0 Å². The van der Waals surface area contributed by atoms with E-state index in [4.69, 9.17) is 16.3 Å². The molecule has 0 radical (unpaired) electrons. The molecule has 3 nitrogen and oxygen atoms in total. The molecular formula is C9H13ClN2O. The first-order valence-electron chi connectivity index (χ1n) is 4.29. The minimum atomic E-state index is 0.157. The quantitative estimate of drug-likeness (QED) is 0.704. The number of halogens is 1. The first kappa shape index (κ1) is 10.3. The third-order valence-electron chi connectivity index (χ3n) is 1.78. The highest BCUT2D eigenvalue weighted by Gasteiger charge is 2.06. The van der Waals surface area contributed by atoms with Crippen molar-refractivity contribution in [3.63, 3.8) is 0 Å². The van der Waals surface area contributed by atoms with E-state index in [-0.39, 0.29) is 11.4 Å². The van der Waals surface area contributed by atoms with E-state index in [0.717, 1.165) is 12.0 Å². The number of ether oxygens (including phenoxy) is 1. The summed E-state index contributed by atoms with van der Waals surface area (Å²) in [6.07, 6.45) is 2.76. The summed E-state index contributed by atoms with van der Waals surface area (Å²) in [6.45, 7) is 5.95. The van der Waals surface area contributed by atoms with Crippen LogP contribution in [-0.4, -0.2) is 16.1 Å². The Labute approximate surface area is 83.1 Å². The van der Waals surface area contributed by atoms with Crippen LogP contribution in [0.4, 0.5) is 0 Å². The van der Waals surface area contributed by atoms with Gasteiger partial charge in [-0.15, -0.1) is 0 Å². The van der Waals surface area contributed by atoms with Crippen molar-refractivity contribution in [1.29, 1.82) is 0 Å². The molecule has 4 heteroatoms. The lowest BCUT2D eigenvalue weighted by molar-refractivity contribution is 0.206. The van der Waals surface area contributed by atoms with Gasteiger partial charge in [-0.2, -0.15) is 4.98 Å². The summed E-state index contributed by atoms with van der Waals surface area (Å²) in [6, 6.07) is 0. The molecule has 0 aliphatic rings. The van der Waals surface area contributed by atoms with Gasteiger partial charge in [-0.3, -0.25) is 0 Å². The zero-order valence-corrected chi connectivity index (χ0v) is 8.80. The van der Waals surface area contributed by atoms with Crippen LogP contribution in [0.1, 0.15) is 25.8 Å². The van der Waals surface area contributed by atoms with Crippen LogP contribution < -0.4 is 4.74 Å². The number of rotatable bonds is 3. The maximum atomic E-state index is 5.64. The van der Waals surface area contributed by atoms with Gasteiger partial charge in [0, 0.05) is 11.8 Å². The topological polar surface area (TPSA) is 35.0 Å². The molecule has 0 aliphatic carbocycles. The minimum Gasteiger partial charge on any atom is -0.474 e. The molecule has 1 heterocycles. The molecule has 72 valence electrons. The molecule has 0 amide bonds. The van der Waals surface area contributed by atoms with Crippen molar-refractivity contribution < 1.29 is 4.74 Å².